The first-order chi connectivity index (χ1) is 9.99. The molecule has 2 N–H and O–H groups in total. The van der Waals surface area contributed by atoms with Crippen molar-refractivity contribution >= 4 is 11.7 Å². The van der Waals surface area contributed by atoms with E-state index in [9.17, 15) is 19.3 Å². The number of hydrogen-bond acceptors (Lipinski definition) is 5. The molecule has 1 aliphatic rings. The van der Waals surface area contributed by atoms with Gasteiger partial charge in [-0.1, -0.05) is 6.07 Å². The van der Waals surface area contributed by atoms with Gasteiger partial charge in [-0.3, -0.25) is 14.9 Å². The van der Waals surface area contributed by atoms with Crippen LogP contribution in [0.1, 0.15) is 19.3 Å². The number of nitrogens with zero attached hydrogens (tertiary/aromatic N) is 1. The van der Waals surface area contributed by atoms with Crippen molar-refractivity contribution in [2.24, 2.45) is 0 Å². The van der Waals surface area contributed by atoms with Crippen molar-refractivity contribution in [1.29, 1.82) is 0 Å². The lowest BCUT2D eigenvalue weighted by molar-refractivity contribution is -0.386. The normalized spacial score (nSPS) is 15.5. The highest BCUT2D eigenvalue weighted by Gasteiger charge is 2.28. The smallest absolute Gasteiger partial charge is 0.320 e. The SMILES string of the molecule is O=C(O)C(CCOc1c(F)cccc1[N+](=O)[O-])NC1CC1. The monoisotopic (exact) mass is 298 g/mol. The second-order valence-corrected chi connectivity index (χ2v) is 4.81. The van der Waals surface area contributed by atoms with E-state index in [1.54, 1.807) is 0 Å². The van der Waals surface area contributed by atoms with E-state index in [0.717, 1.165) is 25.0 Å². The van der Waals surface area contributed by atoms with Gasteiger partial charge in [-0.05, 0) is 18.9 Å². The molecule has 0 heterocycles. The minimum atomic E-state index is -1.02. The number of nitro groups is 1. The van der Waals surface area contributed by atoms with Gasteiger partial charge in [-0.2, -0.15) is 0 Å². The molecule has 1 saturated carbocycles. The zero-order chi connectivity index (χ0) is 15.4. The first-order valence-corrected chi connectivity index (χ1v) is 6.53. The summed E-state index contributed by atoms with van der Waals surface area (Å²) in [5, 5.41) is 22.8. The number of rotatable bonds is 8. The highest BCUT2D eigenvalue weighted by atomic mass is 19.1. The van der Waals surface area contributed by atoms with E-state index in [0.29, 0.717) is 0 Å². The number of nitro benzene ring substituents is 1. The summed E-state index contributed by atoms with van der Waals surface area (Å²) in [6.07, 6.45) is 1.96. The molecule has 0 spiro atoms. The fourth-order valence-electron chi connectivity index (χ4n) is 1.88. The third-order valence-corrected chi connectivity index (χ3v) is 3.11. The number of hydrogen-bond donors (Lipinski definition) is 2. The van der Waals surface area contributed by atoms with E-state index in [-0.39, 0.29) is 19.1 Å². The molecule has 7 nitrogen and oxygen atoms in total. The molecule has 1 aromatic rings. The molecule has 1 aromatic carbocycles. The van der Waals surface area contributed by atoms with Crippen molar-refractivity contribution in [2.45, 2.75) is 31.3 Å². The Labute approximate surface area is 119 Å². The Morgan fingerprint density at radius 1 is 1.57 bits per heavy atom. The van der Waals surface area contributed by atoms with Crippen LogP contribution < -0.4 is 10.1 Å². The van der Waals surface area contributed by atoms with Gasteiger partial charge in [0.25, 0.3) is 0 Å². The average Bonchev–Trinajstić information content (AvgIpc) is 3.22. The molecular weight excluding hydrogens is 283 g/mol. The van der Waals surface area contributed by atoms with Gasteiger partial charge in [0, 0.05) is 18.5 Å². The maximum Gasteiger partial charge on any atom is 0.320 e. The number of carboxylic acids is 1. The quantitative estimate of drug-likeness (QED) is 0.559. The van der Waals surface area contributed by atoms with Gasteiger partial charge < -0.3 is 15.2 Å². The molecule has 1 aliphatic carbocycles. The van der Waals surface area contributed by atoms with Crippen molar-refractivity contribution in [3.8, 4) is 5.75 Å². The summed E-state index contributed by atoms with van der Waals surface area (Å²) >= 11 is 0. The first kappa shape index (κ1) is 15.2. The van der Waals surface area contributed by atoms with E-state index in [2.05, 4.69) is 5.32 Å². The molecule has 1 fully saturated rings. The molecule has 0 bridgehead atoms. The largest absolute Gasteiger partial charge is 0.485 e. The number of carboxylic acid groups (broad SMARTS) is 1. The Morgan fingerprint density at radius 2 is 2.29 bits per heavy atom. The lowest BCUT2D eigenvalue weighted by atomic mass is 10.2. The standard InChI is InChI=1S/C13H15FN2O5/c14-9-2-1-3-11(16(19)20)12(9)21-7-6-10(13(17)18)15-8-4-5-8/h1-3,8,10,15H,4-7H2,(H,17,18). The second-order valence-electron chi connectivity index (χ2n) is 4.81. The summed E-state index contributed by atoms with van der Waals surface area (Å²) in [5.41, 5.74) is -0.475. The van der Waals surface area contributed by atoms with Crippen LogP contribution in [-0.2, 0) is 4.79 Å². The summed E-state index contributed by atoms with van der Waals surface area (Å²) in [5.74, 6) is -2.32. The molecule has 0 amide bonds. The van der Waals surface area contributed by atoms with Gasteiger partial charge in [0.2, 0.25) is 5.75 Å². The zero-order valence-corrected chi connectivity index (χ0v) is 11.1. The minimum Gasteiger partial charge on any atom is -0.485 e. The predicted octanol–water partition coefficient (Wildman–Crippen LogP) is 1.71. The molecule has 114 valence electrons. The molecule has 0 saturated heterocycles. The van der Waals surface area contributed by atoms with Crippen LogP contribution in [0.25, 0.3) is 0 Å². The maximum absolute atomic E-state index is 13.6. The van der Waals surface area contributed by atoms with Crippen LogP contribution in [0.3, 0.4) is 0 Å². The number of carbonyl (C=O) groups is 1. The fraction of sp³-hybridized carbons (Fsp3) is 0.462. The Hall–Kier alpha value is -2.22. The molecule has 1 unspecified atom stereocenters. The lowest BCUT2D eigenvalue weighted by Crippen LogP contribution is -2.39. The Balaban J connectivity index is 1.95. The average molecular weight is 298 g/mol. The van der Waals surface area contributed by atoms with Crippen molar-refractivity contribution in [3.63, 3.8) is 0 Å². The number of para-hydroxylation sites is 1. The van der Waals surface area contributed by atoms with Crippen LogP contribution in [0.5, 0.6) is 5.75 Å². The molecule has 2 rings (SSSR count). The molecule has 8 heteroatoms. The molecule has 21 heavy (non-hydrogen) atoms. The number of benzene rings is 1. The van der Waals surface area contributed by atoms with Gasteiger partial charge in [-0.25, -0.2) is 4.39 Å². The van der Waals surface area contributed by atoms with E-state index >= 15 is 0 Å². The van der Waals surface area contributed by atoms with E-state index in [1.165, 1.54) is 6.07 Å². The zero-order valence-electron chi connectivity index (χ0n) is 11.1. The molecule has 1 atom stereocenters. The van der Waals surface area contributed by atoms with Crippen LogP contribution in [0.2, 0.25) is 0 Å². The molecular formula is C13H15FN2O5. The fourth-order valence-corrected chi connectivity index (χ4v) is 1.88. The van der Waals surface area contributed by atoms with Crippen molar-refractivity contribution in [2.75, 3.05) is 6.61 Å². The van der Waals surface area contributed by atoms with Crippen LogP contribution >= 0.6 is 0 Å². The summed E-state index contributed by atoms with van der Waals surface area (Å²) < 4.78 is 18.6. The van der Waals surface area contributed by atoms with E-state index < -0.39 is 34.2 Å². The van der Waals surface area contributed by atoms with Crippen LogP contribution in [-0.4, -0.2) is 34.7 Å². The Morgan fingerprint density at radius 3 is 2.86 bits per heavy atom. The van der Waals surface area contributed by atoms with Crippen molar-refractivity contribution in [1.82, 2.24) is 5.32 Å². The Kier molecular flexibility index (Phi) is 4.69. The summed E-state index contributed by atoms with van der Waals surface area (Å²) in [4.78, 5) is 21.1. The summed E-state index contributed by atoms with van der Waals surface area (Å²) in [6.45, 7) is -0.127. The minimum absolute atomic E-state index is 0.0946. The number of nitrogens with one attached hydrogen (secondary N) is 1. The highest BCUT2D eigenvalue weighted by molar-refractivity contribution is 5.73. The lowest BCUT2D eigenvalue weighted by Gasteiger charge is -2.14. The van der Waals surface area contributed by atoms with Crippen LogP contribution in [0, 0.1) is 15.9 Å². The number of ether oxygens (including phenoxy) is 1. The van der Waals surface area contributed by atoms with Gasteiger partial charge >= 0.3 is 11.7 Å². The van der Waals surface area contributed by atoms with E-state index in [1.807, 2.05) is 0 Å². The number of aliphatic carboxylic acids is 1. The maximum atomic E-state index is 13.6. The summed E-state index contributed by atoms with van der Waals surface area (Å²) in [6, 6.07) is 2.81. The van der Waals surface area contributed by atoms with Crippen molar-refractivity contribution < 1.29 is 24.0 Å². The topological polar surface area (TPSA) is 102 Å². The second kappa shape index (κ2) is 6.49. The van der Waals surface area contributed by atoms with Gasteiger partial charge in [0.05, 0.1) is 11.5 Å². The van der Waals surface area contributed by atoms with Gasteiger partial charge in [0.1, 0.15) is 6.04 Å². The van der Waals surface area contributed by atoms with Gasteiger partial charge in [0.15, 0.2) is 5.82 Å². The third kappa shape index (κ3) is 4.12. The highest BCUT2D eigenvalue weighted by Crippen LogP contribution is 2.29. The Bertz CT molecular complexity index is 547. The van der Waals surface area contributed by atoms with Gasteiger partial charge in [-0.15, -0.1) is 0 Å². The molecule has 0 radical (unpaired) electrons. The van der Waals surface area contributed by atoms with Crippen LogP contribution in [0.15, 0.2) is 18.2 Å². The molecule has 0 aliphatic heterocycles. The van der Waals surface area contributed by atoms with Crippen molar-refractivity contribution in [3.05, 3.63) is 34.1 Å². The summed E-state index contributed by atoms with van der Waals surface area (Å²) in [7, 11) is 0. The molecule has 0 aromatic heterocycles. The predicted molar refractivity (Wildman–Crippen MR) is 70.7 cm³/mol. The number of halogens is 1. The van der Waals surface area contributed by atoms with E-state index in [4.69, 9.17) is 9.84 Å². The third-order valence-electron chi connectivity index (χ3n) is 3.11. The van der Waals surface area contributed by atoms with Crippen LogP contribution in [0.4, 0.5) is 10.1 Å². The first-order valence-electron chi connectivity index (χ1n) is 6.53.